The molecule has 0 amide bonds. The normalized spacial score (nSPS) is 11.2. The lowest BCUT2D eigenvalue weighted by Crippen LogP contribution is -1.91. The van der Waals surface area contributed by atoms with Gasteiger partial charge in [-0.15, -0.1) is 10.2 Å². The molecule has 0 fully saturated rings. The minimum absolute atomic E-state index is 0.573. The second kappa shape index (κ2) is 5.00. The number of nitrogens with zero attached hydrogens (tertiary/aromatic N) is 3. The first-order valence-corrected chi connectivity index (χ1v) is 6.76. The van der Waals surface area contributed by atoms with Gasteiger partial charge in [-0.1, -0.05) is 6.92 Å². The summed E-state index contributed by atoms with van der Waals surface area (Å²) in [5, 5.41) is 9.27. The quantitative estimate of drug-likeness (QED) is 0.730. The van der Waals surface area contributed by atoms with Crippen molar-refractivity contribution < 1.29 is 9.15 Å². The third kappa shape index (κ3) is 1.95. The monoisotopic (exact) mass is 271 g/mol. The van der Waals surface area contributed by atoms with Gasteiger partial charge in [0.2, 0.25) is 11.8 Å². The molecule has 0 aliphatic heterocycles. The molecule has 3 rings (SSSR count). The van der Waals surface area contributed by atoms with E-state index in [0.717, 1.165) is 35.2 Å². The number of ether oxygens (including phenoxy) is 1. The molecule has 104 valence electrons. The molecule has 2 aromatic heterocycles. The highest BCUT2D eigenvalue weighted by atomic mass is 16.5. The van der Waals surface area contributed by atoms with Gasteiger partial charge < -0.3 is 13.7 Å². The molecule has 1 aromatic carbocycles. The first-order chi connectivity index (χ1) is 9.76. The van der Waals surface area contributed by atoms with Gasteiger partial charge in [-0.25, -0.2) is 0 Å². The van der Waals surface area contributed by atoms with E-state index in [1.807, 2.05) is 25.1 Å². The molecular formula is C15H17N3O2. The molecule has 2 heterocycles. The van der Waals surface area contributed by atoms with Gasteiger partial charge in [0.25, 0.3) is 0 Å². The molecule has 3 aromatic rings. The summed E-state index contributed by atoms with van der Waals surface area (Å²) in [5.41, 5.74) is 2.08. The maximum absolute atomic E-state index is 5.67. The lowest BCUT2D eigenvalue weighted by molar-refractivity contribution is 0.415. The Kier molecular flexibility index (Phi) is 3.18. The topological polar surface area (TPSA) is 53.1 Å². The summed E-state index contributed by atoms with van der Waals surface area (Å²) < 4.78 is 13.1. The highest BCUT2D eigenvalue weighted by Crippen LogP contribution is 2.32. The van der Waals surface area contributed by atoms with Crippen LogP contribution >= 0.6 is 0 Å². The van der Waals surface area contributed by atoms with Crippen LogP contribution in [-0.4, -0.2) is 21.9 Å². The highest BCUT2D eigenvalue weighted by molar-refractivity contribution is 5.94. The molecule has 0 N–H and O–H groups in total. The van der Waals surface area contributed by atoms with E-state index in [-0.39, 0.29) is 0 Å². The summed E-state index contributed by atoms with van der Waals surface area (Å²) >= 11 is 0. The van der Waals surface area contributed by atoms with E-state index in [2.05, 4.69) is 27.9 Å². The number of hydrogen-bond acceptors (Lipinski definition) is 4. The number of aryl methyl sites for hydroxylation is 2. The Bertz CT molecular complexity index is 743. The zero-order chi connectivity index (χ0) is 14.1. The molecule has 5 heteroatoms. The first-order valence-electron chi connectivity index (χ1n) is 6.76. The Morgan fingerprint density at radius 1 is 1.25 bits per heavy atom. The molecule has 20 heavy (non-hydrogen) atoms. The number of benzene rings is 1. The van der Waals surface area contributed by atoms with Gasteiger partial charge in [0.15, 0.2) is 0 Å². The fraction of sp³-hybridized carbons (Fsp3) is 0.333. The van der Waals surface area contributed by atoms with E-state index in [1.54, 1.807) is 7.11 Å². The summed E-state index contributed by atoms with van der Waals surface area (Å²) in [7, 11) is 1.67. The summed E-state index contributed by atoms with van der Waals surface area (Å²) in [5.74, 6) is 2.08. The predicted octanol–water partition coefficient (Wildman–Crippen LogP) is 3.28. The van der Waals surface area contributed by atoms with Crippen LogP contribution in [-0.2, 0) is 13.0 Å². The Hall–Kier alpha value is -2.30. The van der Waals surface area contributed by atoms with Gasteiger partial charge in [-0.05, 0) is 19.1 Å². The van der Waals surface area contributed by atoms with E-state index in [9.17, 15) is 0 Å². The van der Waals surface area contributed by atoms with Crippen molar-refractivity contribution in [1.82, 2.24) is 14.8 Å². The average molecular weight is 271 g/mol. The zero-order valence-electron chi connectivity index (χ0n) is 11.9. The van der Waals surface area contributed by atoms with Crippen molar-refractivity contribution >= 4 is 10.9 Å². The Labute approximate surface area is 117 Å². The van der Waals surface area contributed by atoms with Crippen LogP contribution in [0.3, 0.4) is 0 Å². The lowest BCUT2D eigenvalue weighted by Gasteiger charge is -2.02. The first kappa shape index (κ1) is 12.7. The third-order valence-corrected chi connectivity index (χ3v) is 3.43. The van der Waals surface area contributed by atoms with E-state index >= 15 is 0 Å². The molecule has 0 radical (unpaired) electrons. The Morgan fingerprint density at radius 3 is 2.75 bits per heavy atom. The molecule has 0 bridgehead atoms. The lowest BCUT2D eigenvalue weighted by atomic mass is 10.1. The van der Waals surface area contributed by atoms with Gasteiger partial charge in [-0.3, -0.25) is 0 Å². The van der Waals surface area contributed by atoms with Crippen molar-refractivity contribution in [3.05, 3.63) is 30.3 Å². The van der Waals surface area contributed by atoms with Gasteiger partial charge in [0.05, 0.1) is 18.2 Å². The van der Waals surface area contributed by atoms with Crippen LogP contribution in [0.15, 0.2) is 28.8 Å². The van der Waals surface area contributed by atoms with Gasteiger partial charge >= 0.3 is 0 Å². The molecule has 0 unspecified atom stereocenters. The van der Waals surface area contributed by atoms with Crippen LogP contribution < -0.4 is 4.74 Å². The zero-order valence-corrected chi connectivity index (χ0v) is 11.9. The Balaban J connectivity index is 2.20. The molecular weight excluding hydrogens is 254 g/mol. The Morgan fingerprint density at radius 2 is 2.10 bits per heavy atom. The summed E-state index contributed by atoms with van der Waals surface area (Å²) in [6.45, 7) is 4.98. The molecule has 0 saturated heterocycles. The van der Waals surface area contributed by atoms with Crippen molar-refractivity contribution in [2.75, 3.05) is 7.11 Å². The largest absolute Gasteiger partial charge is 0.497 e. The minimum Gasteiger partial charge on any atom is -0.497 e. The molecule has 0 atom stereocenters. The molecule has 0 saturated carbocycles. The maximum Gasteiger partial charge on any atom is 0.249 e. The predicted molar refractivity (Wildman–Crippen MR) is 76.8 cm³/mol. The highest BCUT2D eigenvalue weighted by Gasteiger charge is 2.15. The molecule has 0 spiro atoms. The second-order valence-electron chi connectivity index (χ2n) is 4.57. The van der Waals surface area contributed by atoms with Crippen molar-refractivity contribution in [3.8, 4) is 17.2 Å². The SMILES string of the molecule is CCc1nnc(-c2cn(CC)c3cc(OC)ccc23)o1. The van der Waals surface area contributed by atoms with E-state index in [4.69, 9.17) is 9.15 Å². The summed E-state index contributed by atoms with van der Waals surface area (Å²) in [6.07, 6.45) is 2.80. The molecule has 5 nitrogen and oxygen atoms in total. The van der Waals surface area contributed by atoms with Crippen LogP contribution in [0.4, 0.5) is 0 Å². The standard InChI is InChI=1S/C15H17N3O2/c1-4-14-16-17-15(20-14)12-9-18(5-2)13-8-10(19-3)6-7-11(12)13/h6-9H,4-5H2,1-3H3. The molecule has 0 aliphatic carbocycles. The number of aromatic nitrogens is 3. The van der Waals surface area contributed by atoms with E-state index < -0.39 is 0 Å². The van der Waals surface area contributed by atoms with Crippen molar-refractivity contribution in [2.24, 2.45) is 0 Å². The van der Waals surface area contributed by atoms with Gasteiger partial charge in [-0.2, -0.15) is 0 Å². The summed E-state index contributed by atoms with van der Waals surface area (Å²) in [4.78, 5) is 0. The fourth-order valence-corrected chi connectivity index (χ4v) is 2.34. The van der Waals surface area contributed by atoms with Crippen molar-refractivity contribution in [3.63, 3.8) is 0 Å². The smallest absolute Gasteiger partial charge is 0.249 e. The van der Waals surface area contributed by atoms with Crippen LogP contribution in [0.2, 0.25) is 0 Å². The van der Waals surface area contributed by atoms with Crippen molar-refractivity contribution in [2.45, 2.75) is 26.8 Å². The average Bonchev–Trinajstić information content (AvgIpc) is 3.10. The third-order valence-electron chi connectivity index (χ3n) is 3.43. The number of hydrogen-bond donors (Lipinski definition) is 0. The summed E-state index contributed by atoms with van der Waals surface area (Å²) in [6, 6.07) is 6.01. The fourth-order valence-electron chi connectivity index (χ4n) is 2.34. The number of rotatable bonds is 4. The van der Waals surface area contributed by atoms with E-state index in [1.165, 1.54) is 0 Å². The van der Waals surface area contributed by atoms with Crippen LogP contribution in [0.5, 0.6) is 5.75 Å². The van der Waals surface area contributed by atoms with Crippen LogP contribution in [0.25, 0.3) is 22.4 Å². The number of methoxy groups -OCH3 is 1. The van der Waals surface area contributed by atoms with Crippen LogP contribution in [0, 0.1) is 0 Å². The van der Waals surface area contributed by atoms with Gasteiger partial charge in [0, 0.05) is 30.6 Å². The second-order valence-corrected chi connectivity index (χ2v) is 4.57. The minimum atomic E-state index is 0.573. The number of fused-ring (bicyclic) bond motifs is 1. The van der Waals surface area contributed by atoms with Crippen molar-refractivity contribution in [1.29, 1.82) is 0 Å². The van der Waals surface area contributed by atoms with Gasteiger partial charge in [0.1, 0.15) is 5.75 Å². The molecule has 0 aliphatic rings. The van der Waals surface area contributed by atoms with Crippen LogP contribution in [0.1, 0.15) is 19.7 Å². The van der Waals surface area contributed by atoms with E-state index in [0.29, 0.717) is 11.8 Å². The maximum atomic E-state index is 5.67.